The van der Waals surface area contributed by atoms with Crippen LogP contribution in [0.25, 0.3) is 11.3 Å². The van der Waals surface area contributed by atoms with Crippen molar-refractivity contribution in [3.05, 3.63) is 92.5 Å². The number of nitrogens with zero attached hydrogens (tertiary/aromatic N) is 1. The van der Waals surface area contributed by atoms with Crippen LogP contribution in [0.15, 0.2) is 54.7 Å². The van der Waals surface area contributed by atoms with E-state index in [0.717, 1.165) is 48.1 Å². The van der Waals surface area contributed by atoms with Crippen LogP contribution in [0.4, 0.5) is 24.5 Å². The third-order valence-corrected chi connectivity index (χ3v) is 7.21. The molecule has 0 fully saturated rings. The highest BCUT2D eigenvalue weighted by molar-refractivity contribution is 7.92. The Morgan fingerprint density at radius 3 is 2.33 bits per heavy atom. The maximum atomic E-state index is 14.1. The van der Waals surface area contributed by atoms with E-state index in [1.165, 1.54) is 18.2 Å². The molecule has 1 atom stereocenters. The van der Waals surface area contributed by atoms with Crippen molar-refractivity contribution in [1.29, 1.82) is 0 Å². The number of aryl methyl sites for hydroxylation is 1. The quantitative estimate of drug-likeness (QED) is 0.230. The number of carbonyl (C=O) groups is 1. The van der Waals surface area contributed by atoms with Gasteiger partial charge in [-0.3, -0.25) is 9.52 Å². The molecular formula is C26H21ClF3N3O4S2. The van der Waals surface area contributed by atoms with Crippen molar-refractivity contribution in [3.8, 4) is 17.0 Å². The number of halogens is 4. The molecule has 0 aliphatic heterocycles. The number of ether oxygens (including phenoxy) is 1. The first-order valence-corrected chi connectivity index (χ1v) is 14.3. The lowest BCUT2D eigenvalue weighted by Crippen LogP contribution is -2.12. The number of rotatable bonds is 8. The molecule has 0 aliphatic carbocycles. The van der Waals surface area contributed by atoms with Gasteiger partial charge in [0.2, 0.25) is 10.0 Å². The van der Waals surface area contributed by atoms with Crippen LogP contribution < -0.4 is 14.8 Å². The number of pyridine rings is 1. The van der Waals surface area contributed by atoms with Crippen LogP contribution in [0.3, 0.4) is 0 Å². The topological polar surface area (TPSA) is 97.4 Å². The van der Waals surface area contributed by atoms with Gasteiger partial charge in [0, 0.05) is 33.3 Å². The SMILES string of the molecule is Cc1sc(C(=O)Nc2cc(Cl)cc(NS(C)(=O)=O)c2)cc1-c1ncc(F)cc1O[C@@H](C)c1cc(F)cc(F)c1. The molecule has 4 aromatic rings. The van der Waals surface area contributed by atoms with Crippen LogP contribution in [0, 0.1) is 24.4 Å². The highest BCUT2D eigenvalue weighted by atomic mass is 35.5. The molecule has 2 heterocycles. The third-order valence-electron chi connectivity index (χ3n) is 5.33. The van der Waals surface area contributed by atoms with Gasteiger partial charge in [0.05, 0.1) is 23.0 Å². The van der Waals surface area contributed by atoms with Gasteiger partial charge in [-0.05, 0) is 55.8 Å². The summed E-state index contributed by atoms with van der Waals surface area (Å²) in [6.45, 7) is 3.30. The lowest BCUT2D eigenvalue weighted by atomic mass is 10.1. The highest BCUT2D eigenvalue weighted by Crippen LogP contribution is 2.38. The summed E-state index contributed by atoms with van der Waals surface area (Å²) in [5.41, 5.74) is 1.36. The summed E-state index contributed by atoms with van der Waals surface area (Å²) in [4.78, 5) is 18.1. The zero-order chi connectivity index (χ0) is 28.5. The average Bonchev–Trinajstić information content (AvgIpc) is 3.18. The van der Waals surface area contributed by atoms with Gasteiger partial charge in [-0.25, -0.2) is 26.6 Å². The van der Waals surface area contributed by atoms with Gasteiger partial charge in [-0.2, -0.15) is 0 Å². The van der Waals surface area contributed by atoms with Crippen LogP contribution in [0.2, 0.25) is 5.02 Å². The Kier molecular flexibility index (Phi) is 8.19. The average molecular weight is 596 g/mol. The second-order valence-electron chi connectivity index (χ2n) is 8.60. The van der Waals surface area contributed by atoms with Crippen molar-refractivity contribution in [2.75, 3.05) is 16.3 Å². The van der Waals surface area contributed by atoms with Gasteiger partial charge in [-0.15, -0.1) is 11.3 Å². The predicted molar refractivity (Wildman–Crippen MR) is 146 cm³/mol. The molecule has 0 bridgehead atoms. The second kappa shape index (κ2) is 11.2. The number of thiophene rings is 1. The molecule has 4 rings (SSSR count). The number of hydrogen-bond donors (Lipinski definition) is 2. The Bertz CT molecular complexity index is 1660. The van der Waals surface area contributed by atoms with Crippen LogP contribution in [0.1, 0.15) is 33.1 Å². The van der Waals surface area contributed by atoms with E-state index in [9.17, 15) is 26.4 Å². The summed E-state index contributed by atoms with van der Waals surface area (Å²) in [5, 5.41) is 2.88. The Morgan fingerprint density at radius 1 is 1.00 bits per heavy atom. The summed E-state index contributed by atoms with van der Waals surface area (Å²) in [5.74, 6) is -2.72. The van der Waals surface area contributed by atoms with Gasteiger partial charge in [0.1, 0.15) is 35.0 Å². The summed E-state index contributed by atoms with van der Waals surface area (Å²) in [6.07, 6.45) is 1.13. The van der Waals surface area contributed by atoms with Crippen molar-refractivity contribution in [2.24, 2.45) is 0 Å². The molecule has 0 saturated heterocycles. The first-order valence-electron chi connectivity index (χ1n) is 11.3. The fourth-order valence-corrected chi connectivity index (χ4v) is 5.43. The Labute approximate surface area is 231 Å². The first-order chi connectivity index (χ1) is 18.3. The van der Waals surface area contributed by atoms with E-state index in [1.807, 2.05) is 0 Å². The minimum Gasteiger partial charge on any atom is -0.484 e. The molecule has 2 aromatic carbocycles. The number of carbonyl (C=O) groups excluding carboxylic acids is 1. The van der Waals surface area contributed by atoms with E-state index < -0.39 is 39.5 Å². The Hall–Kier alpha value is -3.61. The van der Waals surface area contributed by atoms with Crippen molar-refractivity contribution in [3.63, 3.8) is 0 Å². The molecule has 2 aromatic heterocycles. The van der Waals surface area contributed by atoms with Crippen molar-refractivity contribution in [2.45, 2.75) is 20.0 Å². The van der Waals surface area contributed by atoms with Gasteiger partial charge >= 0.3 is 0 Å². The van der Waals surface area contributed by atoms with Gasteiger partial charge in [0.25, 0.3) is 5.91 Å². The lowest BCUT2D eigenvalue weighted by Gasteiger charge is -2.17. The van der Waals surface area contributed by atoms with Crippen LogP contribution in [-0.4, -0.2) is 25.6 Å². The Balaban J connectivity index is 1.61. The number of amides is 1. The monoisotopic (exact) mass is 595 g/mol. The standard InChI is InChI=1S/C26H21ClF3N3O4S2/c1-13(15-4-17(28)8-18(29)5-15)37-23-9-19(30)12-31-25(23)22-11-24(38-14(22)2)26(34)32-20-6-16(27)7-21(10-20)33-39(3,35)36/h4-13,33H,1-3H3,(H,32,34)/t13-/m0/s1. The predicted octanol–water partition coefficient (Wildman–Crippen LogP) is 6.95. The number of anilines is 2. The second-order valence-corrected chi connectivity index (χ2v) is 12.0. The number of nitrogens with one attached hydrogen (secondary N) is 2. The third kappa shape index (κ3) is 7.28. The summed E-state index contributed by atoms with van der Waals surface area (Å²) in [6, 6.07) is 9.89. The summed E-state index contributed by atoms with van der Waals surface area (Å²) in [7, 11) is -3.56. The number of sulfonamides is 1. The van der Waals surface area contributed by atoms with E-state index >= 15 is 0 Å². The zero-order valence-corrected chi connectivity index (χ0v) is 23.1. The molecule has 0 aliphatic rings. The minimum absolute atomic E-state index is 0.0198. The van der Waals surface area contributed by atoms with Crippen molar-refractivity contribution < 1.29 is 31.1 Å². The molecule has 39 heavy (non-hydrogen) atoms. The Morgan fingerprint density at radius 2 is 1.67 bits per heavy atom. The van der Waals surface area contributed by atoms with Crippen LogP contribution in [-0.2, 0) is 10.0 Å². The zero-order valence-electron chi connectivity index (χ0n) is 20.7. The number of hydrogen-bond acceptors (Lipinski definition) is 6. The van der Waals surface area contributed by atoms with Gasteiger partial charge in [0.15, 0.2) is 0 Å². The molecule has 0 spiro atoms. The highest BCUT2D eigenvalue weighted by Gasteiger charge is 2.21. The fourth-order valence-electron chi connectivity index (χ4n) is 3.74. The number of benzene rings is 2. The van der Waals surface area contributed by atoms with Crippen molar-refractivity contribution in [1.82, 2.24) is 4.98 Å². The smallest absolute Gasteiger partial charge is 0.265 e. The molecule has 0 unspecified atom stereocenters. The maximum absolute atomic E-state index is 14.1. The van der Waals surface area contributed by atoms with E-state index in [0.29, 0.717) is 10.4 Å². The molecule has 0 saturated carbocycles. The fraction of sp³-hybridized carbons (Fsp3) is 0.154. The molecule has 0 radical (unpaired) electrons. The molecular weight excluding hydrogens is 575 g/mol. The summed E-state index contributed by atoms with van der Waals surface area (Å²) < 4.78 is 72.8. The van der Waals surface area contributed by atoms with E-state index in [-0.39, 0.29) is 38.3 Å². The molecule has 2 N–H and O–H groups in total. The van der Waals surface area contributed by atoms with Crippen molar-refractivity contribution >= 4 is 50.2 Å². The normalized spacial score (nSPS) is 12.2. The van der Waals surface area contributed by atoms with E-state index in [2.05, 4.69) is 15.0 Å². The van der Waals surface area contributed by atoms with E-state index in [1.54, 1.807) is 19.9 Å². The number of aromatic nitrogens is 1. The van der Waals surface area contributed by atoms with Crippen LogP contribution in [0.5, 0.6) is 5.75 Å². The first kappa shape index (κ1) is 28.4. The van der Waals surface area contributed by atoms with Gasteiger partial charge in [-0.1, -0.05) is 11.6 Å². The lowest BCUT2D eigenvalue weighted by molar-refractivity contribution is 0.103. The molecule has 1 amide bonds. The maximum Gasteiger partial charge on any atom is 0.265 e. The summed E-state index contributed by atoms with van der Waals surface area (Å²) >= 11 is 7.22. The largest absolute Gasteiger partial charge is 0.484 e. The molecule has 7 nitrogen and oxygen atoms in total. The molecule has 13 heteroatoms. The minimum atomic E-state index is -3.56. The van der Waals surface area contributed by atoms with E-state index in [4.69, 9.17) is 16.3 Å². The molecule has 204 valence electrons. The van der Waals surface area contributed by atoms with Crippen LogP contribution >= 0.6 is 22.9 Å². The van der Waals surface area contributed by atoms with Gasteiger partial charge < -0.3 is 10.1 Å².